The molecule has 1 N–H and O–H groups in total. The van der Waals surface area contributed by atoms with Crippen molar-refractivity contribution in [3.63, 3.8) is 0 Å². The lowest BCUT2D eigenvalue weighted by atomic mass is 10.1. The van der Waals surface area contributed by atoms with E-state index >= 15 is 0 Å². The second kappa shape index (κ2) is 5.32. The highest BCUT2D eigenvalue weighted by atomic mass is 16.2. The number of amides is 1. The van der Waals surface area contributed by atoms with E-state index < -0.39 is 0 Å². The fraction of sp³-hybridized carbons (Fsp3) is 0.500. The first-order valence-electron chi connectivity index (χ1n) is 6.28. The summed E-state index contributed by atoms with van der Waals surface area (Å²) in [6.07, 6.45) is 2.51. The van der Waals surface area contributed by atoms with Crippen molar-refractivity contribution < 1.29 is 4.79 Å². The Morgan fingerprint density at radius 1 is 1.47 bits per heavy atom. The molecule has 1 aromatic rings. The fourth-order valence-electron chi connectivity index (χ4n) is 2.48. The number of hydrogen-bond acceptors (Lipinski definition) is 2. The lowest BCUT2D eigenvalue weighted by Crippen LogP contribution is -2.35. The van der Waals surface area contributed by atoms with Gasteiger partial charge in [-0.05, 0) is 45.0 Å². The van der Waals surface area contributed by atoms with Gasteiger partial charge in [0.2, 0.25) is 5.91 Å². The van der Waals surface area contributed by atoms with E-state index in [2.05, 4.69) is 24.4 Å². The average molecular weight is 232 g/mol. The second-order valence-corrected chi connectivity index (χ2v) is 4.65. The van der Waals surface area contributed by atoms with Crippen LogP contribution in [0.5, 0.6) is 0 Å². The Morgan fingerprint density at radius 3 is 3.00 bits per heavy atom. The lowest BCUT2D eigenvalue weighted by Gasteiger charge is -2.22. The number of anilines is 1. The van der Waals surface area contributed by atoms with Crippen molar-refractivity contribution >= 4 is 11.6 Å². The second-order valence-electron chi connectivity index (χ2n) is 4.65. The molecule has 1 aliphatic rings. The highest BCUT2D eigenvalue weighted by Gasteiger charge is 2.29. The summed E-state index contributed by atoms with van der Waals surface area (Å²) in [5.41, 5.74) is 2.40. The molecule has 0 saturated heterocycles. The number of benzene rings is 1. The first-order valence-corrected chi connectivity index (χ1v) is 6.28. The molecule has 0 bridgehead atoms. The van der Waals surface area contributed by atoms with Crippen molar-refractivity contribution in [3.05, 3.63) is 29.8 Å². The molecular weight excluding hydrogens is 212 g/mol. The van der Waals surface area contributed by atoms with Gasteiger partial charge in [0.15, 0.2) is 0 Å². The Bertz CT molecular complexity index is 403. The molecule has 1 heterocycles. The SMILES string of the molecule is CNCCCC(=O)N1c2ccccc2C[C@H]1C. The van der Waals surface area contributed by atoms with Crippen molar-refractivity contribution in [2.75, 3.05) is 18.5 Å². The highest BCUT2D eigenvalue weighted by molar-refractivity contribution is 5.96. The maximum absolute atomic E-state index is 12.2. The highest BCUT2D eigenvalue weighted by Crippen LogP contribution is 2.32. The Labute approximate surface area is 103 Å². The zero-order valence-electron chi connectivity index (χ0n) is 10.6. The van der Waals surface area contributed by atoms with Crippen LogP contribution < -0.4 is 10.2 Å². The van der Waals surface area contributed by atoms with E-state index in [0.29, 0.717) is 12.5 Å². The van der Waals surface area contributed by atoms with Crippen LogP contribution in [0.25, 0.3) is 0 Å². The Kier molecular flexibility index (Phi) is 3.79. The van der Waals surface area contributed by atoms with Gasteiger partial charge in [-0.1, -0.05) is 18.2 Å². The van der Waals surface area contributed by atoms with Crippen LogP contribution in [0.1, 0.15) is 25.3 Å². The summed E-state index contributed by atoms with van der Waals surface area (Å²) in [6, 6.07) is 8.52. The third-order valence-electron chi connectivity index (χ3n) is 3.29. The van der Waals surface area contributed by atoms with Gasteiger partial charge in [0.1, 0.15) is 0 Å². The average Bonchev–Trinajstić information content (AvgIpc) is 2.65. The molecular formula is C14H20N2O. The minimum atomic E-state index is 0.248. The van der Waals surface area contributed by atoms with Gasteiger partial charge in [-0.25, -0.2) is 0 Å². The van der Waals surface area contributed by atoms with Gasteiger partial charge in [0, 0.05) is 18.2 Å². The molecule has 1 aromatic carbocycles. The van der Waals surface area contributed by atoms with Gasteiger partial charge in [-0.3, -0.25) is 4.79 Å². The molecule has 0 fully saturated rings. The number of para-hydroxylation sites is 1. The fourth-order valence-corrected chi connectivity index (χ4v) is 2.48. The van der Waals surface area contributed by atoms with E-state index in [1.54, 1.807) is 0 Å². The van der Waals surface area contributed by atoms with Gasteiger partial charge in [-0.2, -0.15) is 0 Å². The molecule has 0 radical (unpaired) electrons. The van der Waals surface area contributed by atoms with E-state index in [-0.39, 0.29) is 5.91 Å². The number of fused-ring (bicyclic) bond motifs is 1. The topological polar surface area (TPSA) is 32.3 Å². The van der Waals surface area contributed by atoms with Gasteiger partial charge < -0.3 is 10.2 Å². The van der Waals surface area contributed by atoms with Gasteiger partial charge in [0.25, 0.3) is 0 Å². The van der Waals surface area contributed by atoms with Crippen LogP contribution in [0.4, 0.5) is 5.69 Å². The first kappa shape index (κ1) is 12.1. The smallest absolute Gasteiger partial charge is 0.227 e. The number of rotatable bonds is 4. The Balaban J connectivity index is 2.08. The molecule has 0 saturated carbocycles. The van der Waals surface area contributed by atoms with Crippen LogP contribution in [-0.2, 0) is 11.2 Å². The largest absolute Gasteiger partial charge is 0.320 e. The number of nitrogens with one attached hydrogen (secondary N) is 1. The molecule has 0 unspecified atom stereocenters. The first-order chi connectivity index (χ1) is 8.24. The zero-order chi connectivity index (χ0) is 12.3. The molecule has 92 valence electrons. The minimum Gasteiger partial charge on any atom is -0.320 e. The molecule has 3 heteroatoms. The van der Waals surface area contributed by atoms with Crippen LogP contribution in [0.2, 0.25) is 0 Å². The van der Waals surface area contributed by atoms with Gasteiger partial charge in [0.05, 0.1) is 0 Å². The quantitative estimate of drug-likeness (QED) is 0.805. The van der Waals surface area contributed by atoms with E-state index in [1.807, 2.05) is 24.1 Å². The predicted octanol–water partition coefficient (Wildman–Crippen LogP) is 1.96. The van der Waals surface area contributed by atoms with E-state index in [1.165, 1.54) is 5.56 Å². The molecule has 1 amide bonds. The van der Waals surface area contributed by atoms with Gasteiger partial charge in [-0.15, -0.1) is 0 Å². The summed E-state index contributed by atoms with van der Waals surface area (Å²) in [7, 11) is 1.91. The van der Waals surface area contributed by atoms with Crippen molar-refractivity contribution in [2.24, 2.45) is 0 Å². The zero-order valence-corrected chi connectivity index (χ0v) is 10.6. The van der Waals surface area contributed by atoms with Crippen LogP contribution in [0.3, 0.4) is 0 Å². The number of carbonyl (C=O) groups is 1. The Hall–Kier alpha value is -1.35. The van der Waals surface area contributed by atoms with Crippen molar-refractivity contribution in [2.45, 2.75) is 32.2 Å². The minimum absolute atomic E-state index is 0.248. The summed E-state index contributed by atoms with van der Waals surface area (Å²) in [6.45, 7) is 3.02. The summed E-state index contributed by atoms with van der Waals surface area (Å²) in [4.78, 5) is 14.2. The maximum atomic E-state index is 12.2. The normalized spacial score (nSPS) is 18.2. The molecule has 17 heavy (non-hydrogen) atoms. The van der Waals surface area contributed by atoms with Crippen molar-refractivity contribution in [1.82, 2.24) is 5.32 Å². The third kappa shape index (κ3) is 2.50. The summed E-state index contributed by atoms with van der Waals surface area (Å²) >= 11 is 0. The van der Waals surface area contributed by atoms with Crippen molar-refractivity contribution in [3.8, 4) is 0 Å². The monoisotopic (exact) mass is 232 g/mol. The van der Waals surface area contributed by atoms with E-state index in [0.717, 1.165) is 25.1 Å². The summed E-state index contributed by atoms with van der Waals surface area (Å²) in [5, 5.41) is 3.07. The third-order valence-corrected chi connectivity index (χ3v) is 3.29. The van der Waals surface area contributed by atoms with Crippen LogP contribution in [-0.4, -0.2) is 25.5 Å². The standard InChI is InChI=1S/C14H20N2O/c1-11-10-12-6-3-4-7-13(12)16(11)14(17)8-5-9-15-2/h3-4,6-7,11,15H,5,8-10H2,1-2H3/t11-/m1/s1. The number of nitrogens with zero attached hydrogens (tertiary/aromatic N) is 1. The molecule has 0 aliphatic carbocycles. The molecule has 0 aromatic heterocycles. The summed E-state index contributed by atoms with van der Waals surface area (Å²) in [5.74, 6) is 0.248. The summed E-state index contributed by atoms with van der Waals surface area (Å²) < 4.78 is 0. The number of carbonyl (C=O) groups excluding carboxylic acids is 1. The van der Waals surface area contributed by atoms with E-state index in [9.17, 15) is 4.79 Å². The van der Waals surface area contributed by atoms with Crippen molar-refractivity contribution in [1.29, 1.82) is 0 Å². The Morgan fingerprint density at radius 2 is 2.24 bits per heavy atom. The predicted molar refractivity (Wildman–Crippen MR) is 70.3 cm³/mol. The maximum Gasteiger partial charge on any atom is 0.227 e. The molecule has 1 aliphatic heterocycles. The van der Waals surface area contributed by atoms with Gasteiger partial charge >= 0.3 is 0 Å². The van der Waals surface area contributed by atoms with Crippen LogP contribution in [0, 0.1) is 0 Å². The number of hydrogen-bond donors (Lipinski definition) is 1. The lowest BCUT2D eigenvalue weighted by molar-refractivity contribution is -0.119. The molecule has 0 spiro atoms. The van der Waals surface area contributed by atoms with Crippen LogP contribution >= 0.6 is 0 Å². The van der Waals surface area contributed by atoms with E-state index in [4.69, 9.17) is 0 Å². The van der Waals surface area contributed by atoms with Crippen LogP contribution in [0.15, 0.2) is 24.3 Å². The molecule has 2 rings (SSSR count). The molecule has 1 atom stereocenters. The molecule has 3 nitrogen and oxygen atoms in total.